The summed E-state index contributed by atoms with van der Waals surface area (Å²) < 4.78 is 5.39. The van der Waals surface area contributed by atoms with Crippen molar-refractivity contribution in [3.8, 4) is 0 Å². The van der Waals surface area contributed by atoms with E-state index in [1.54, 1.807) is 0 Å². The summed E-state index contributed by atoms with van der Waals surface area (Å²) in [6.45, 7) is 7.37. The topological polar surface area (TPSA) is 41.5 Å². The van der Waals surface area contributed by atoms with Crippen molar-refractivity contribution in [2.24, 2.45) is 5.92 Å². The second kappa shape index (κ2) is 8.06. The molecule has 0 saturated heterocycles. The maximum Gasteiger partial charge on any atom is 0.0897 e. The molecule has 0 aromatic rings. The fourth-order valence-electron chi connectivity index (χ4n) is 2.44. The zero-order chi connectivity index (χ0) is 12.7. The monoisotopic (exact) mass is 243 g/mol. The van der Waals surface area contributed by atoms with Crippen LogP contribution in [0.25, 0.3) is 0 Å². The third-order valence-corrected chi connectivity index (χ3v) is 3.69. The van der Waals surface area contributed by atoms with E-state index in [9.17, 15) is 5.11 Å². The van der Waals surface area contributed by atoms with E-state index in [4.69, 9.17) is 4.74 Å². The summed E-state index contributed by atoms with van der Waals surface area (Å²) in [5.74, 6) is 0.933. The number of ether oxygens (including phenoxy) is 1. The smallest absolute Gasteiger partial charge is 0.0897 e. The summed E-state index contributed by atoms with van der Waals surface area (Å²) in [7, 11) is 0. The van der Waals surface area contributed by atoms with Gasteiger partial charge in [-0.25, -0.2) is 0 Å². The zero-order valence-electron chi connectivity index (χ0n) is 11.6. The van der Waals surface area contributed by atoms with Gasteiger partial charge in [-0.3, -0.25) is 0 Å². The second-order valence-corrected chi connectivity index (χ2v) is 5.57. The molecule has 3 heteroatoms. The van der Waals surface area contributed by atoms with E-state index in [1.807, 2.05) is 13.8 Å². The molecule has 1 saturated carbocycles. The molecule has 0 aliphatic heterocycles. The normalized spacial score (nSPS) is 27.4. The van der Waals surface area contributed by atoms with Gasteiger partial charge >= 0.3 is 0 Å². The highest BCUT2D eigenvalue weighted by Crippen LogP contribution is 2.26. The lowest BCUT2D eigenvalue weighted by molar-refractivity contribution is 0.00484. The number of aliphatic hydroxyl groups is 1. The van der Waals surface area contributed by atoms with Gasteiger partial charge in [0, 0.05) is 12.6 Å². The van der Waals surface area contributed by atoms with Crippen LogP contribution in [0.15, 0.2) is 0 Å². The Bertz CT molecular complexity index is 189. The average molecular weight is 243 g/mol. The van der Waals surface area contributed by atoms with Crippen molar-refractivity contribution in [3.05, 3.63) is 0 Å². The average Bonchev–Trinajstić information content (AvgIpc) is 2.34. The van der Waals surface area contributed by atoms with Crippen molar-refractivity contribution in [3.63, 3.8) is 0 Å². The molecule has 1 aliphatic carbocycles. The molecule has 1 rings (SSSR count). The predicted octanol–water partition coefficient (Wildman–Crippen LogP) is 2.33. The summed E-state index contributed by atoms with van der Waals surface area (Å²) in [4.78, 5) is 0. The predicted molar refractivity (Wildman–Crippen MR) is 71.1 cm³/mol. The minimum absolute atomic E-state index is 0.199. The molecular weight excluding hydrogens is 214 g/mol. The molecule has 0 heterocycles. The molecule has 0 amide bonds. The van der Waals surface area contributed by atoms with Gasteiger partial charge in [0.2, 0.25) is 0 Å². The first kappa shape index (κ1) is 14.9. The molecule has 17 heavy (non-hydrogen) atoms. The summed E-state index contributed by atoms with van der Waals surface area (Å²) in [6, 6.07) is 0.603. The van der Waals surface area contributed by atoms with Crippen molar-refractivity contribution < 1.29 is 9.84 Å². The molecule has 3 nitrogen and oxygen atoms in total. The van der Waals surface area contributed by atoms with Crippen molar-refractivity contribution in [2.75, 3.05) is 13.2 Å². The molecule has 0 bridgehead atoms. The summed E-state index contributed by atoms with van der Waals surface area (Å²) in [6.07, 6.45) is 6.34. The third kappa shape index (κ3) is 6.39. The van der Waals surface area contributed by atoms with Crippen molar-refractivity contribution in [1.82, 2.24) is 5.32 Å². The number of hydrogen-bond donors (Lipinski definition) is 2. The molecule has 0 spiro atoms. The van der Waals surface area contributed by atoms with E-state index in [-0.39, 0.29) is 12.2 Å². The fourth-order valence-corrected chi connectivity index (χ4v) is 2.44. The lowest BCUT2D eigenvalue weighted by Gasteiger charge is -2.29. The molecule has 102 valence electrons. The first-order valence-corrected chi connectivity index (χ1v) is 7.14. The second-order valence-electron chi connectivity index (χ2n) is 5.57. The van der Waals surface area contributed by atoms with Crippen LogP contribution >= 0.6 is 0 Å². The van der Waals surface area contributed by atoms with Gasteiger partial charge in [-0.2, -0.15) is 0 Å². The standard InChI is InChI=1S/C14H29NO2/c1-4-12-5-7-13(8-6-12)15-9-14(16)10-17-11(2)3/h11-16H,4-10H2,1-3H3. The Hall–Kier alpha value is -0.120. The number of rotatable bonds is 7. The van der Waals surface area contributed by atoms with Crippen LogP contribution in [0.2, 0.25) is 0 Å². The van der Waals surface area contributed by atoms with Crippen LogP contribution in [0, 0.1) is 5.92 Å². The maximum absolute atomic E-state index is 9.74. The van der Waals surface area contributed by atoms with Gasteiger partial charge in [0.25, 0.3) is 0 Å². The Morgan fingerprint density at radius 2 is 1.88 bits per heavy atom. The summed E-state index contributed by atoms with van der Waals surface area (Å²) >= 11 is 0. The Morgan fingerprint density at radius 1 is 1.24 bits per heavy atom. The lowest BCUT2D eigenvalue weighted by atomic mass is 9.84. The maximum atomic E-state index is 9.74. The minimum atomic E-state index is -0.374. The SMILES string of the molecule is CCC1CCC(NCC(O)COC(C)C)CC1. The first-order valence-electron chi connectivity index (χ1n) is 7.14. The molecule has 0 radical (unpaired) electrons. The van der Waals surface area contributed by atoms with Crippen molar-refractivity contribution >= 4 is 0 Å². The molecule has 1 unspecified atom stereocenters. The van der Waals surface area contributed by atoms with Crippen LogP contribution < -0.4 is 5.32 Å². The molecule has 2 N–H and O–H groups in total. The van der Waals surface area contributed by atoms with Gasteiger partial charge in [0.15, 0.2) is 0 Å². The van der Waals surface area contributed by atoms with Crippen LogP contribution in [0.3, 0.4) is 0 Å². The Kier molecular flexibility index (Phi) is 7.09. The molecule has 1 fully saturated rings. The molecule has 0 aromatic carbocycles. The summed E-state index contributed by atoms with van der Waals surface area (Å²) in [5.41, 5.74) is 0. The lowest BCUT2D eigenvalue weighted by Crippen LogP contribution is -2.39. The van der Waals surface area contributed by atoms with E-state index in [0.717, 1.165) is 5.92 Å². The molecule has 1 atom stereocenters. The van der Waals surface area contributed by atoms with Gasteiger partial charge in [0.1, 0.15) is 0 Å². The fraction of sp³-hybridized carbons (Fsp3) is 1.00. The van der Waals surface area contributed by atoms with Gasteiger partial charge in [-0.1, -0.05) is 13.3 Å². The van der Waals surface area contributed by atoms with E-state index in [0.29, 0.717) is 19.2 Å². The van der Waals surface area contributed by atoms with Crippen LogP contribution in [0.1, 0.15) is 52.9 Å². The highest BCUT2D eigenvalue weighted by Gasteiger charge is 2.20. The van der Waals surface area contributed by atoms with E-state index in [1.165, 1.54) is 32.1 Å². The third-order valence-electron chi connectivity index (χ3n) is 3.69. The van der Waals surface area contributed by atoms with Crippen LogP contribution in [0.5, 0.6) is 0 Å². The Labute approximate surface area is 106 Å². The highest BCUT2D eigenvalue weighted by molar-refractivity contribution is 4.77. The van der Waals surface area contributed by atoms with Gasteiger partial charge in [-0.05, 0) is 45.4 Å². The van der Waals surface area contributed by atoms with E-state index < -0.39 is 0 Å². The van der Waals surface area contributed by atoms with Crippen LogP contribution in [-0.2, 0) is 4.74 Å². The summed E-state index contributed by atoms with van der Waals surface area (Å²) in [5, 5.41) is 13.2. The van der Waals surface area contributed by atoms with Gasteiger partial charge in [0.05, 0.1) is 18.8 Å². The van der Waals surface area contributed by atoms with Crippen LogP contribution in [-0.4, -0.2) is 36.5 Å². The quantitative estimate of drug-likeness (QED) is 0.721. The number of hydrogen-bond acceptors (Lipinski definition) is 3. The number of nitrogens with one attached hydrogen (secondary N) is 1. The van der Waals surface area contributed by atoms with Gasteiger partial charge < -0.3 is 15.2 Å². The molecule has 1 aliphatic rings. The van der Waals surface area contributed by atoms with Crippen molar-refractivity contribution in [1.29, 1.82) is 0 Å². The van der Waals surface area contributed by atoms with Gasteiger partial charge in [-0.15, -0.1) is 0 Å². The van der Waals surface area contributed by atoms with E-state index in [2.05, 4.69) is 12.2 Å². The molecule has 0 aromatic heterocycles. The Morgan fingerprint density at radius 3 is 2.41 bits per heavy atom. The van der Waals surface area contributed by atoms with E-state index >= 15 is 0 Å². The number of aliphatic hydroxyl groups excluding tert-OH is 1. The largest absolute Gasteiger partial charge is 0.389 e. The Balaban J connectivity index is 2.06. The minimum Gasteiger partial charge on any atom is -0.389 e. The van der Waals surface area contributed by atoms with Crippen LogP contribution in [0.4, 0.5) is 0 Å². The zero-order valence-corrected chi connectivity index (χ0v) is 11.6. The highest BCUT2D eigenvalue weighted by atomic mass is 16.5. The first-order chi connectivity index (χ1) is 8.11. The van der Waals surface area contributed by atoms with Crippen molar-refractivity contribution in [2.45, 2.75) is 71.1 Å². The molecular formula is C14H29NO2.